The van der Waals surface area contributed by atoms with Gasteiger partial charge in [0.05, 0.1) is 5.36 Å². The van der Waals surface area contributed by atoms with Crippen LogP contribution in [0, 0.1) is 0 Å². The van der Waals surface area contributed by atoms with Gasteiger partial charge >= 0.3 is 0 Å². The second-order valence-electron chi connectivity index (χ2n) is 5.06. The monoisotopic (exact) mass is 323 g/mol. The molecule has 2 aliphatic rings. The maximum absolute atomic E-state index is 12.6. The van der Waals surface area contributed by atoms with Gasteiger partial charge in [0.2, 0.25) is 0 Å². The van der Waals surface area contributed by atoms with E-state index in [0.717, 1.165) is 16.1 Å². The number of amides is 1. The standard InChI is InChI=1S/C16H13N5OS/c1-23-16-19-15(22)13-11-6-2-3-7-12(11)18-14(21(13)20-16)10-5-4-8-17-9-10/h2-9,14H,1H3,(H,19,20,22)/t14-/m1/s1. The van der Waals surface area contributed by atoms with E-state index in [1.807, 2.05) is 42.7 Å². The third kappa shape index (κ3) is 2.29. The summed E-state index contributed by atoms with van der Waals surface area (Å²) in [6.45, 7) is 0. The van der Waals surface area contributed by atoms with Gasteiger partial charge in [0.1, 0.15) is 5.70 Å². The Hall–Kier alpha value is -2.67. The lowest BCUT2D eigenvalue weighted by atomic mass is 10.1. The third-order valence-electron chi connectivity index (χ3n) is 3.69. The lowest BCUT2D eigenvalue weighted by Gasteiger charge is -2.33. The van der Waals surface area contributed by atoms with Crippen LogP contribution in [0.5, 0.6) is 0 Å². The van der Waals surface area contributed by atoms with E-state index >= 15 is 0 Å². The summed E-state index contributed by atoms with van der Waals surface area (Å²) in [5, 5.41) is 11.2. The highest BCUT2D eigenvalue weighted by atomic mass is 32.2. The molecule has 2 aliphatic heterocycles. The average molecular weight is 323 g/mol. The average Bonchev–Trinajstić information content (AvgIpc) is 2.61. The number of rotatable bonds is 1. The van der Waals surface area contributed by atoms with Gasteiger partial charge in [0, 0.05) is 23.2 Å². The van der Waals surface area contributed by atoms with Gasteiger partial charge in [-0.05, 0) is 18.4 Å². The zero-order valence-corrected chi connectivity index (χ0v) is 13.1. The minimum absolute atomic E-state index is 0.166. The van der Waals surface area contributed by atoms with E-state index in [-0.39, 0.29) is 5.91 Å². The first kappa shape index (κ1) is 14.0. The molecule has 1 N–H and O–H groups in total. The SMILES string of the molecule is CSC1=NN2C(=c3ccccc3=N[C@H]2c2cccnc2)C(=O)N1. The van der Waals surface area contributed by atoms with E-state index in [1.165, 1.54) is 11.8 Å². The molecule has 3 heterocycles. The number of aromatic nitrogens is 1. The lowest BCUT2D eigenvalue weighted by Crippen LogP contribution is -2.50. The number of fused-ring (bicyclic) bond motifs is 2. The molecule has 0 aliphatic carbocycles. The van der Waals surface area contributed by atoms with Crippen molar-refractivity contribution >= 4 is 28.5 Å². The first-order valence-electron chi connectivity index (χ1n) is 7.08. The molecule has 7 heteroatoms. The Morgan fingerprint density at radius 2 is 2.09 bits per heavy atom. The molecule has 0 unspecified atom stereocenters. The van der Waals surface area contributed by atoms with Crippen molar-refractivity contribution in [1.82, 2.24) is 15.3 Å². The van der Waals surface area contributed by atoms with Gasteiger partial charge in [-0.25, -0.2) is 5.01 Å². The van der Waals surface area contributed by atoms with Crippen molar-refractivity contribution in [3.05, 3.63) is 64.9 Å². The Morgan fingerprint density at radius 1 is 1.22 bits per heavy atom. The zero-order valence-electron chi connectivity index (χ0n) is 12.3. The molecule has 0 saturated heterocycles. The second kappa shape index (κ2) is 5.51. The number of carbonyl (C=O) groups is 1. The quantitative estimate of drug-likeness (QED) is 0.834. The van der Waals surface area contributed by atoms with Crippen LogP contribution in [-0.2, 0) is 4.79 Å². The zero-order chi connectivity index (χ0) is 15.8. The van der Waals surface area contributed by atoms with E-state index in [1.54, 1.807) is 17.4 Å². The molecule has 0 spiro atoms. The van der Waals surface area contributed by atoms with E-state index in [0.29, 0.717) is 10.9 Å². The number of nitrogens with zero attached hydrogens (tertiary/aromatic N) is 4. The van der Waals surface area contributed by atoms with Crippen LogP contribution in [0.3, 0.4) is 0 Å². The number of nitrogens with one attached hydrogen (secondary N) is 1. The predicted molar refractivity (Wildman–Crippen MR) is 88.5 cm³/mol. The number of carbonyl (C=O) groups excluding carboxylic acids is 1. The number of para-hydroxylation sites is 1. The highest BCUT2D eigenvalue weighted by Crippen LogP contribution is 2.29. The van der Waals surface area contributed by atoms with Crippen LogP contribution in [0.1, 0.15) is 11.7 Å². The molecular formula is C16H13N5OS. The van der Waals surface area contributed by atoms with Crippen LogP contribution in [0.4, 0.5) is 0 Å². The van der Waals surface area contributed by atoms with Crippen molar-refractivity contribution in [1.29, 1.82) is 0 Å². The van der Waals surface area contributed by atoms with Gasteiger partial charge in [0.15, 0.2) is 11.3 Å². The Balaban J connectivity index is 2.00. The number of thioether (sulfide) groups is 1. The van der Waals surface area contributed by atoms with Gasteiger partial charge in [-0.15, -0.1) is 5.10 Å². The van der Waals surface area contributed by atoms with Crippen LogP contribution in [-0.4, -0.2) is 27.3 Å². The summed E-state index contributed by atoms with van der Waals surface area (Å²) in [4.78, 5) is 21.5. The Bertz CT molecular complexity index is 925. The largest absolute Gasteiger partial charge is 0.298 e. The van der Waals surface area contributed by atoms with E-state index in [2.05, 4.69) is 15.4 Å². The van der Waals surface area contributed by atoms with E-state index in [9.17, 15) is 4.79 Å². The fourth-order valence-corrected chi connectivity index (χ4v) is 3.03. The molecule has 6 nitrogen and oxygen atoms in total. The molecule has 0 radical (unpaired) electrons. The molecule has 2 aromatic rings. The molecule has 1 aromatic heterocycles. The normalized spacial score (nSPS) is 19.3. The first-order chi connectivity index (χ1) is 11.3. The molecule has 4 rings (SSSR count). The van der Waals surface area contributed by atoms with Crippen LogP contribution in [0.25, 0.3) is 5.70 Å². The van der Waals surface area contributed by atoms with Gasteiger partial charge in [-0.1, -0.05) is 36.0 Å². The second-order valence-corrected chi connectivity index (χ2v) is 5.86. The van der Waals surface area contributed by atoms with Crippen LogP contribution in [0.2, 0.25) is 0 Å². The Kier molecular flexibility index (Phi) is 3.34. The van der Waals surface area contributed by atoms with Gasteiger partial charge < -0.3 is 0 Å². The van der Waals surface area contributed by atoms with Crippen LogP contribution < -0.4 is 15.9 Å². The number of hydrogen-bond acceptors (Lipinski definition) is 6. The molecule has 0 fully saturated rings. The molecule has 0 saturated carbocycles. The molecule has 23 heavy (non-hydrogen) atoms. The maximum Gasteiger partial charge on any atom is 0.276 e. The fraction of sp³-hybridized carbons (Fsp3) is 0.125. The summed E-state index contributed by atoms with van der Waals surface area (Å²) in [6, 6.07) is 11.4. The molecule has 0 bridgehead atoms. The number of pyridine rings is 1. The first-order valence-corrected chi connectivity index (χ1v) is 8.30. The summed E-state index contributed by atoms with van der Waals surface area (Å²) in [6.07, 6.45) is 4.94. The number of benzene rings is 1. The van der Waals surface area contributed by atoms with Crippen molar-refractivity contribution < 1.29 is 4.79 Å². The Labute approximate surface area is 136 Å². The van der Waals surface area contributed by atoms with Crippen molar-refractivity contribution in [2.75, 3.05) is 6.26 Å². The maximum atomic E-state index is 12.6. The third-order valence-corrected chi connectivity index (χ3v) is 4.26. The minimum atomic E-state index is -0.401. The summed E-state index contributed by atoms with van der Waals surface area (Å²) < 4.78 is 0. The number of hydrogen-bond donors (Lipinski definition) is 1. The summed E-state index contributed by atoms with van der Waals surface area (Å²) >= 11 is 1.39. The molecule has 114 valence electrons. The van der Waals surface area contributed by atoms with Crippen molar-refractivity contribution in [2.24, 2.45) is 10.1 Å². The predicted octanol–water partition coefficient (Wildman–Crippen LogP) is 0.588. The highest BCUT2D eigenvalue weighted by Gasteiger charge is 2.34. The molecule has 1 aromatic carbocycles. The fourth-order valence-electron chi connectivity index (χ4n) is 2.67. The van der Waals surface area contributed by atoms with Gasteiger partial charge in [0.25, 0.3) is 5.91 Å². The van der Waals surface area contributed by atoms with Crippen molar-refractivity contribution in [3.63, 3.8) is 0 Å². The molecule has 1 atom stereocenters. The highest BCUT2D eigenvalue weighted by molar-refractivity contribution is 8.13. The van der Waals surface area contributed by atoms with Crippen LogP contribution >= 0.6 is 11.8 Å². The summed E-state index contributed by atoms with van der Waals surface area (Å²) in [5.41, 5.74) is 1.40. The number of amidine groups is 1. The molecular weight excluding hydrogens is 310 g/mol. The summed E-state index contributed by atoms with van der Waals surface area (Å²) in [7, 11) is 0. The Morgan fingerprint density at radius 3 is 2.87 bits per heavy atom. The van der Waals surface area contributed by atoms with E-state index in [4.69, 9.17) is 4.99 Å². The van der Waals surface area contributed by atoms with Gasteiger partial charge in [-0.3, -0.25) is 20.1 Å². The summed E-state index contributed by atoms with van der Waals surface area (Å²) in [5.74, 6) is -0.166. The molecule has 1 amide bonds. The van der Waals surface area contributed by atoms with Gasteiger partial charge in [-0.2, -0.15) is 0 Å². The van der Waals surface area contributed by atoms with Crippen molar-refractivity contribution in [3.8, 4) is 0 Å². The smallest absolute Gasteiger partial charge is 0.276 e. The number of hydrazone groups is 1. The lowest BCUT2D eigenvalue weighted by molar-refractivity contribution is -0.116. The topological polar surface area (TPSA) is 70.0 Å². The minimum Gasteiger partial charge on any atom is -0.298 e. The van der Waals surface area contributed by atoms with Crippen LogP contribution in [0.15, 0.2) is 58.9 Å². The van der Waals surface area contributed by atoms with E-state index < -0.39 is 6.17 Å². The van der Waals surface area contributed by atoms with Crippen molar-refractivity contribution in [2.45, 2.75) is 6.17 Å².